The third-order valence-electron chi connectivity index (χ3n) is 5.46. The SMILES string of the molecule is Cc1ccc(N2C(=O)/C(=C\c3cn(Cc4ccc(F)cc4)c4ccccc34)SC2=S)cc1. The zero-order chi connectivity index (χ0) is 22.2. The van der Waals surface area contributed by atoms with Gasteiger partial charge in [-0.25, -0.2) is 4.39 Å². The third kappa shape index (κ3) is 3.87. The van der Waals surface area contributed by atoms with E-state index in [1.807, 2.05) is 67.7 Å². The van der Waals surface area contributed by atoms with Crippen LogP contribution in [0.25, 0.3) is 17.0 Å². The second-order valence-corrected chi connectivity index (χ2v) is 9.38. The van der Waals surface area contributed by atoms with Crippen LogP contribution in [0.1, 0.15) is 16.7 Å². The highest BCUT2D eigenvalue weighted by Gasteiger charge is 2.33. The van der Waals surface area contributed by atoms with Crippen molar-refractivity contribution in [3.63, 3.8) is 0 Å². The van der Waals surface area contributed by atoms with Gasteiger partial charge in [0.1, 0.15) is 5.82 Å². The molecule has 0 N–H and O–H groups in total. The highest BCUT2D eigenvalue weighted by molar-refractivity contribution is 8.27. The predicted molar refractivity (Wildman–Crippen MR) is 134 cm³/mol. The number of thioether (sulfide) groups is 1. The molecular formula is C26H19FN2OS2. The number of carbonyl (C=O) groups excluding carboxylic acids is 1. The maximum absolute atomic E-state index is 13.3. The van der Waals surface area contributed by atoms with Crippen LogP contribution in [0.5, 0.6) is 0 Å². The first-order valence-corrected chi connectivity index (χ1v) is 11.4. The number of rotatable bonds is 4. The molecule has 3 aromatic carbocycles. The van der Waals surface area contributed by atoms with Crippen LogP contribution in [-0.2, 0) is 11.3 Å². The zero-order valence-electron chi connectivity index (χ0n) is 17.3. The first-order valence-electron chi connectivity index (χ1n) is 10.2. The number of aromatic nitrogens is 1. The van der Waals surface area contributed by atoms with Gasteiger partial charge in [-0.05, 0) is 48.9 Å². The molecule has 6 heteroatoms. The van der Waals surface area contributed by atoms with Gasteiger partial charge in [0.25, 0.3) is 5.91 Å². The number of anilines is 1. The van der Waals surface area contributed by atoms with E-state index in [4.69, 9.17) is 12.2 Å². The maximum Gasteiger partial charge on any atom is 0.270 e. The largest absolute Gasteiger partial charge is 0.342 e. The highest BCUT2D eigenvalue weighted by Crippen LogP contribution is 2.37. The Labute approximate surface area is 195 Å². The van der Waals surface area contributed by atoms with Crippen LogP contribution in [0, 0.1) is 12.7 Å². The van der Waals surface area contributed by atoms with E-state index in [0.29, 0.717) is 15.8 Å². The summed E-state index contributed by atoms with van der Waals surface area (Å²) in [7, 11) is 0. The van der Waals surface area contributed by atoms with Crippen molar-refractivity contribution in [2.45, 2.75) is 13.5 Å². The van der Waals surface area contributed by atoms with Crippen molar-refractivity contribution in [1.82, 2.24) is 4.57 Å². The van der Waals surface area contributed by atoms with Gasteiger partial charge in [0.2, 0.25) is 0 Å². The number of para-hydroxylation sites is 1. The minimum atomic E-state index is -0.248. The second kappa shape index (κ2) is 8.37. The first kappa shape index (κ1) is 20.7. The lowest BCUT2D eigenvalue weighted by Gasteiger charge is -2.14. The molecular weight excluding hydrogens is 439 g/mol. The molecule has 5 rings (SSSR count). The van der Waals surface area contributed by atoms with Crippen LogP contribution < -0.4 is 4.90 Å². The summed E-state index contributed by atoms with van der Waals surface area (Å²) < 4.78 is 15.9. The molecule has 4 aromatic rings. The van der Waals surface area contributed by atoms with Crippen molar-refractivity contribution >= 4 is 56.9 Å². The Morgan fingerprint density at radius 3 is 2.47 bits per heavy atom. The lowest BCUT2D eigenvalue weighted by molar-refractivity contribution is -0.113. The molecule has 1 saturated heterocycles. The molecule has 0 radical (unpaired) electrons. The molecule has 0 bridgehead atoms. The molecule has 158 valence electrons. The molecule has 2 heterocycles. The van der Waals surface area contributed by atoms with E-state index in [2.05, 4.69) is 4.57 Å². The minimum Gasteiger partial charge on any atom is -0.342 e. The van der Waals surface area contributed by atoms with Gasteiger partial charge in [0.15, 0.2) is 4.32 Å². The van der Waals surface area contributed by atoms with Crippen molar-refractivity contribution < 1.29 is 9.18 Å². The number of hydrogen-bond acceptors (Lipinski definition) is 3. The number of benzene rings is 3. The van der Waals surface area contributed by atoms with E-state index in [1.54, 1.807) is 17.0 Å². The Morgan fingerprint density at radius 2 is 1.72 bits per heavy atom. The van der Waals surface area contributed by atoms with Crippen LogP contribution in [0.2, 0.25) is 0 Å². The predicted octanol–water partition coefficient (Wildman–Crippen LogP) is 6.54. The minimum absolute atomic E-state index is 0.112. The van der Waals surface area contributed by atoms with Crippen molar-refractivity contribution in [3.8, 4) is 0 Å². The number of amides is 1. The van der Waals surface area contributed by atoms with E-state index in [0.717, 1.165) is 33.3 Å². The maximum atomic E-state index is 13.3. The molecule has 0 spiro atoms. The van der Waals surface area contributed by atoms with Gasteiger partial charge in [-0.3, -0.25) is 9.69 Å². The molecule has 32 heavy (non-hydrogen) atoms. The van der Waals surface area contributed by atoms with Crippen molar-refractivity contribution in [3.05, 3.63) is 106 Å². The molecule has 1 fully saturated rings. The van der Waals surface area contributed by atoms with Crippen molar-refractivity contribution in [2.75, 3.05) is 4.90 Å². The third-order valence-corrected chi connectivity index (χ3v) is 6.76. The summed E-state index contributed by atoms with van der Waals surface area (Å²) in [5, 5.41) is 1.05. The lowest BCUT2D eigenvalue weighted by atomic mass is 10.1. The molecule has 0 saturated carbocycles. The Balaban J connectivity index is 1.51. The van der Waals surface area contributed by atoms with E-state index in [1.165, 1.54) is 23.9 Å². The number of halogens is 1. The van der Waals surface area contributed by atoms with Gasteiger partial charge < -0.3 is 4.57 Å². The second-order valence-electron chi connectivity index (χ2n) is 7.71. The van der Waals surface area contributed by atoms with Gasteiger partial charge >= 0.3 is 0 Å². The molecule has 3 nitrogen and oxygen atoms in total. The average Bonchev–Trinajstić information content (AvgIpc) is 3.27. The summed E-state index contributed by atoms with van der Waals surface area (Å²) in [4.78, 5) is 15.4. The van der Waals surface area contributed by atoms with E-state index in [9.17, 15) is 9.18 Å². The number of fused-ring (bicyclic) bond motifs is 1. The summed E-state index contributed by atoms with van der Waals surface area (Å²) in [6, 6.07) is 22.4. The summed E-state index contributed by atoms with van der Waals surface area (Å²) in [6.45, 7) is 2.62. The molecule has 1 aliphatic rings. The normalized spacial score (nSPS) is 15.3. The molecule has 1 amide bonds. The smallest absolute Gasteiger partial charge is 0.270 e. The highest BCUT2D eigenvalue weighted by atomic mass is 32.2. The zero-order valence-corrected chi connectivity index (χ0v) is 18.9. The Hall–Kier alpha value is -3.22. The van der Waals surface area contributed by atoms with Crippen molar-refractivity contribution in [1.29, 1.82) is 0 Å². The first-order chi connectivity index (χ1) is 15.5. The van der Waals surface area contributed by atoms with E-state index >= 15 is 0 Å². The van der Waals surface area contributed by atoms with Crippen LogP contribution in [0.4, 0.5) is 10.1 Å². The molecule has 0 aliphatic carbocycles. The summed E-state index contributed by atoms with van der Waals surface area (Å²) in [5.41, 5.74) is 4.91. The molecule has 1 aromatic heterocycles. The lowest BCUT2D eigenvalue weighted by Crippen LogP contribution is -2.27. The van der Waals surface area contributed by atoms with Gasteiger partial charge in [0.05, 0.1) is 10.6 Å². The fourth-order valence-corrected chi connectivity index (χ4v) is 5.12. The Morgan fingerprint density at radius 1 is 1.00 bits per heavy atom. The summed E-state index contributed by atoms with van der Waals surface area (Å²) in [5.74, 6) is -0.360. The number of aryl methyl sites for hydroxylation is 1. The molecule has 0 atom stereocenters. The van der Waals surface area contributed by atoms with E-state index < -0.39 is 0 Å². The van der Waals surface area contributed by atoms with Crippen molar-refractivity contribution in [2.24, 2.45) is 0 Å². The standard InChI is InChI=1S/C26H19FN2OS2/c1-17-6-12-21(13-7-17)29-25(30)24(32-26(29)31)14-19-16-28(23-5-3-2-4-22(19)23)15-18-8-10-20(27)11-9-18/h2-14,16H,15H2,1H3/b24-14+. The Kier molecular flexibility index (Phi) is 5.41. The molecule has 0 unspecified atom stereocenters. The monoisotopic (exact) mass is 458 g/mol. The van der Waals surface area contributed by atoms with Crippen LogP contribution in [-0.4, -0.2) is 14.8 Å². The Bertz CT molecular complexity index is 1370. The fraction of sp³-hybridized carbons (Fsp3) is 0.0769. The van der Waals surface area contributed by atoms with Crippen LogP contribution >= 0.6 is 24.0 Å². The van der Waals surface area contributed by atoms with Crippen LogP contribution in [0.15, 0.2) is 83.9 Å². The fourth-order valence-electron chi connectivity index (χ4n) is 3.83. The number of carbonyl (C=O) groups is 1. The number of hydrogen-bond donors (Lipinski definition) is 0. The van der Waals surface area contributed by atoms with Gasteiger partial charge in [-0.2, -0.15) is 0 Å². The average molecular weight is 459 g/mol. The number of thiocarbonyl (C=S) groups is 1. The van der Waals surface area contributed by atoms with Gasteiger partial charge in [0, 0.05) is 29.2 Å². The topological polar surface area (TPSA) is 25.2 Å². The van der Waals surface area contributed by atoms with Gasteiger partial charge in [-0.15, -0.1) is 0 Å². The molecule has 1 aliphatic heterocycles. The summed E-state index contributed by atoms with van der Waals surface area (Å²) in [6.07, 6.45) is 3.95. The number of nitrogens with zero attached hydrogens (tertiary/aromatic N) is 2. The van der Waals surface area contributed by atoms with E-state index in [-0.39, 0.29) is 11.7 Å². The van der Waals surface area contributed by atoms with Crippen LogP contribution in [0.3, 0.4) is 0 Å². The summed E-state index contributed by atoms with van der Waals surface area (Å²) >= 11 is 6.83. The van der Waals surface area contributed by atoms with Gasteiger partial charge in [-0.1, -0.05) is 72.0 Å². The quantitative estimate of drug-likeness (QED) is 0.256.